The molecule has 5 nitrogen and oxygen atoms in total. The van der Waals surface area contributed by atoms with E-state index in [4.69, 9.17) is 9.15 Å². The lowest BCUT2D eigenvalue weighted by atomic mass is 10.1. The highest BCUT2D eigenvalue weighted by molar-refractivity contribution is 5.92. The van der Waals surface area contributed by atoms with Crippen LogP contribution in [0.3, 0.4) is 0 Å². The molecular formula is C16H17NO4. The summed E-state index contributed by atoms with van der Waals surface area (Å²) in [6.07, 6.45) is 0.663. The quantitative estimate of drug-likeness (QED) is 0.858. The van der Waals surface area contributed by atoms with Crippen LogP contribution >= 0.6 is 0 Å². The van der Waals surface area contributed by atoms with Crippen molar-refractivity contribution in [3.05, 3.63) is 59.5 Å². The molecule has 0 fully saturated rings. The standard InChI is InChI=1S/C16H17NO4/c1-11-5-7-13(8-6-11)16(19)21-12(2)15(18)17-10-14-4-3-9-20-14/h3-9,12H,10H2,1-2H3,(H,17,18). The van der Waals surface area contributed by atoms with Crippen LogP contribution in [0.15, 0.2) is 47.1 Å². The number of rotatable bonds is 5. The van der Waals surface area contributed by atoms with Crippen LogP contribution in [0, 0.1) is 6.92 Å². The molecule has 1 unspecified atom stereocenters. The van der Waals surface area contributed by atoms with Crippen LogP contribution in [0.2, 0.25) is 0 Å². The maximum absolute atomic E-state index is 11.9. The van der Waals surface area contributed by atoms with Gasteiger partial charge in [0.05, 0.1) is 18.4 Å². The zero-order valence-electron chi connectivity index (χ0n) is 12.0. The van der Waals surface area contributed by atoms with Crippen molar-refractivity contribution < 1.29 is 18.7 Å². The third-order valence-electron chi connectivity index (χ3n) is 2.96. The van der Waals surface area contributed by atoms with Crippen LogP contribution in [0.25, 0.3) is 0 Å². The number of amides is 1. The zero-order chi connectivity index (χ0) is 15.2. The number of carbonyl (C=O) groups is 2. The lowest BCUT2D eigenvalue weighted by molar-refractivity contribution is -0.129. The summed E-state index contributed by atoms with van der Waals surface area (Å²) < 4.78 is 10.2. The number of ether oxygens (including phenoxy) is 1. The lowest BCUT2D eigenvalue weighted by Gasteiger charge is -2.13. The van der Waals surface area contributed by atoms with Crippen LogP contribution in [-0.2, 0) is 16.1 Å². The van der Waals surface area contributed by atoms with Gasteiger partial charge in [0.25, 0.3) is 5.91 Å². The zero-order valence-corrected chi connectivity index (χ0v) is 12.0. The largest absolute Gasteiger partial charge is 0.467 e. The van der Waals surface area contributed by atoms with E-state index in [1.165, 1.54) is 13.2 Å². The van der Waals surface area contributed by atoms with Gasteiger partial charge in [-0.3, -0.25) is 4.79 Å². The van der Waals surface area contributed by atoms with Gasteiger partial charge in [0.15, 0.2) is 6.10 Å². The van der Waals surface area contributed by atoms with Crippen molar-refractivity contribution in [2.24, 2.45) is 0 Å². The Morgan fingerprint density at radius 2 is 1.95 bits per heavy atom. The summed E-state index contributed by atoms with van der Waals surface area (Å²) in [4.78, 5) is 23.7. The topological polar surface area (TPSA) is 68.5 Å². The second kappa shape index (κ2) is 6.74. The van der Waals surface area contributed by atoms with Gasteiger partial charge in [-0.2, -0.15) is 0 Å². The first-order chi connectivity index (χ1) is 10.1. The first-order valence-corrected chi connectivity index (χ1v) is 6.64. The number of aryl methyl sites for hydroxylation is 1. The summed E-state index contributed by atoms with van der Waals surface area (Å²) >= 11 is 0. The van der Waals surface area contributed by atoms with E-state index in [1.54, 1.807) is 24.3 Å². The highest BCUT2D eigenvalue weighted by Gasteiger charge is 2.18. The average Bonchev–Trinajstić information content (AvgIpc) is 2.98. The molecule has 1 amide bonds. The molecule has 2 rings (SSSR count). The predicted molar refractivity (Wildman–Crippen MR) is 76.6 cm³/mol. The molecule has 0 bridgehead atoms. The fourth-order valence-electron chi connectivity index (χ4n) is 1.70. The molecule has 0 aliphatic heterocycles. The van der Waals surface area contributed by atoms with E-state index in [0.717, 1.165) is 5.56 Å². The van der Waals surface area contributed by atoms with Gasteiger partial charge in [-0.15, -0.1) is 0 Å². The molecular weight excluding hydrogens is 270 g/mol. The molecule has 1 atom stereocenters. The Morgan fingerprint density at radius 1 is 1.24 bits per heavy atom. The Kier molecular flexibility index (Phi) is 4.77. The second-order valence-corrected chi connectivity index (χ2v) is 4.71. The van der Waals surface area contributed by atoms with Crippen molar-refractivity contribution in [1.29, 1.82) is 0 Å². The highest BCUT2D eigenvalue weighted by Crippen LogP contribution is 2.07. The summed E-state index contributed by atoms with van der Waals surface area (Å²) in [5.74, 6) is -0.247. The Hall–Kier alpha value is -2.56. The van der Waals surface area contributed by atoms with Crippen LogP contribution < -0.4 is 5.32 Å². The van der Waals surface area contributed by atoms with E-state index in [1.807, 2.05) is 19.1 Å². The van der Waals surface area contributed by atoms with Crippen LogP contribution in [-0.4, -0.2) is 18.0 Å². The first kappa shape index (κ1) is 14.8. The van der Waals surface area contributed by atoms with Crippen molar-refractivity contribution in [3.63, 3.8) is 0 Å². The summed E-state index contributed by atoms with van der Waals surface area (Å²) in [6.45, 7) is 3.72. The molecule has 1 aromatic heterocycles. The molecule has 21 heavy (non-hydrogen) atoms. The van der Waals surface area contributed by atoms with Gasteiger partial charge in [0.2, 0.25) is 0 Å². The third kappa shape index (κ3) is 4.21. The van der Waals surface area contributed by atoms with Crippen LogP contribution in [0.5, 0.6) is 0 Å². The molecule has 0 saturated carbocycles. The predicted octanol–water partition coefficient (Wildman–Crippen LogP) is 2.45. The molecule has 0 radical (unpaired) electrons. The van der Waals surface area contributed by atoms with Crippen molar-refractivity contribution in [2.45, 2.75) is 26.5 Å². The van der Waals surface area contributed by atoms with Crippen LogP contribution in [0.1, 0.15) is 28.6 Å². The maximum Gasteiger partial charge on any atom is 0.338 e. The molecule has 0 spiro atoms. The van der Waals surface area contributed by atoms with E-state index in [2.05, 4.69) is 5.32 Å². The first-order valence-electron chi connectivity index (χ1n) is 6.64. The monoisotopic (exact) mass is 287 g/mol. The van der Waals surface area contributed by atoms with Crippen molar-refractivity contribution in [2.75, 3.05) is 0 Å². The second-order valence-electron chi connectivity index (χ2n) is 4.71. The summed E-state index contributed by atoms with van der Waals surface area (Å²) in [6, 6.07) is 10.5. The minimum atomic E-state index is -0.867. The van der Waals surface area contributed by atoms with E-state index < -0.39 is 12.1 Å². The number of hydrogen-bond donors (Lipinski definition) is 1. The number of furan rings is 1. The molecule has 1 heterocycles. The molecule has 2 aromatic rings. The van der Waals surface area contributed by atoms with E-state index in [-0.39, 0.29) is 12.5 Å². The third-order valence-corrected chi connectivity index (χ3v) is 2.96. The van der Waals surface area contributed by atoms with Gasteiger partial charge in [-0.1, -0.05) is 17.7 Å². The van der Waals surface area contributed by atoms with Crippen molar-refractivity contribution >= 4 is 11.9 Å². The molecule has 0 saturated heterocycles. The molecule has 1 aromatic carbocycles. The van der Waals surface area contributed by atoms with E-state index in [9.17, 15) is 9.59 Å². The van der Waals surface area contributed by atoms with E-state index in [0.29, 0.717) is 11.3 Å². The van der Waals surface area contributed by atoms with Gasteiger partial charge in [-0.25, -0.2) is 4.79 Å². The molecule has 1 N–H and O–H groups in total. The minimum absolute atomic E-state index is 0.262. The fourth-order valence-corrected chi connectivity index (χ4v) is 1.70. The van der Waals surface area contributed by atoms with Crippen LogP contribution in [0.4, 0.5) is 0 Å². The Morgan fingerprint density at radius 3 is 2.57 bits per heavy atom. The Bertz CT molecular complexity index is 602. The lowest BCUT2D eigenvalue weighted by Crippen LogP contribution is -2.35. The normalized spacial score (nSPS) is 11.7. The molecule has 0 aliphatic rings. The smallest absolute Gasteiger partial charge is 0.338 e. The minimum Gasteiger partial charge on any atom is -0.467 e. The van der Waals surface area contributed by atoms with Gasteiger partial charge >= 0.3 is 5.97 Å². The molecule has 5 heteroatoms. The highest BCUT2D eigenvalue weighted by atomic mass is 16.5. The Labute approximate surface area is 122 Å². The fraction of sp³-hybridized carbons (Fsp3) is 0.250. The molecule has 110 valence electrons. The summed E-state index contributed by atoms with van der Waals surface area (Å²) in [5, 5.41) is 2.64. The SMILES string of the molecule is Cc1ccc(C(=O)OC(C)C(=O)NCc2ccco2)cc1. The van der Waals surface area contributed by atoms with Crippen molar-refractivity contribution in [1.82, 2.24) is 5.32 Å². The maximum atomic E-state index is 11.9. The number of hydrogen-bond acceptors (Lipinski definition) is 4. The van der Waals surface area contributed by atoms with Gasteiger partial charge in [-0.05, 0) is 38.1 Å². The van der Waals surface area contributed by atoms with E-state index >= 15 is 0 Å². The number of esters is 1. The van der Waals surface area contributed by atoms with Gasteiger partial charge < -0.3 is 14.5 Å². The van der Waals surface area contributed by atoms with Gasteiger partial charge in [0.1, 0.15) is 5.76 Å². The number of benzene rings is 1. The molecule has 0 aliphatic carbocycles. The van der Waals surface area contributed by atoms with Gasteiger partial charge in [0, 0.05) is 0 Å². The number of carbonyl (C=O) groups excluding carboxylic acids is 2. The summed E-state index contributed by atoms with van der Waals surface area (Å²) in [5.41, 5.74) is 1.47. The summed E-state index contributed by atoms with van der Waals surface area (Å²) in [7, 11) is 0. The Balaban J connectivity index is 1.85. The average molecular weight is 287 g/mol. The van der Waals surface area contributed by atoms with Crippen molar-refractivity contribution in [3.8, 4) is 0 Å². The number of nitrogens with one attached hydrogen (secondary N) is 1.